The van der Waals surface area contributed by atoms with Crippen molar-refractivity contribution in [3.8, 4) is 11.5 Å². The average Bonchev–Trinajstić information content (AvgIpc) is 2.85. The van der Waals surface area contributed by atoms with Crippen LogP contribution in [0.1, 0.15) is 36.5 Å². The van der Waals surface area contributed by atoms with Crippen LogP contribution in [0.5, 0.6) is 11.5 Å². The lowest BCUT2D eigenvalue weighted by Gasteiger charge is -2.13. The minimum Gasteiger partial charge on any atom is -0.490 e. The second-order valence-electron chi connectivity index (χ2n) is 7.68. The largest absolute Gasteiger partial charge is 0.490 e. The molecule has 0 spiro atoms. The number of carbonyl (C=O) groups is 2. The van der Waals surface area contributed by atoms with Crippen LogP contribution in [0.2, 0.25) is 5.02 Å². The number of ether oxygens (including phenoxy) is 2. The van der Waals surface area contributed by atoms with E-state index in [0.29, 0.717) is 29.7 Å². The lowest BCUT2D eigenvalue weighted by molar-refractivity contribution is -0.124. The van der Waals surface area contributed by atoms with Gasteiger partial charge in [-0.05, 0) is 55.3 Å². The number of rotatable bonds is 11. The van der Waals surface area contributed by atoms with Crippen LogP contribution in [-0.4, -0.2) is 24.6 Å². The molecule has 3 aromatic carbocycles. The van der Waals surface area contributed by atoms with Crippen LogP contribution in [0, 0.1) is 6.92 Å². The number of aryl methyl sites for hydroxylation is 1. The molecule has 2 amide bonds. The van der Waals surface area contributed by atoms with E-state index >= 15 is 0 Å². The quantitative estimate of drug-likeness (QED) is 0.273. The van der Waals surface area contributed by atoms with Gasteiger partial charge in [-0.3, -0.25) is 9.59 Å². The predicted octanol–water partition coefficient (Wildman–Crippen LogP) is 5.50. The van der Waals surface area contributed by atoms with Crippen LogP contribution in [0.4, 0.5) is 5.69 Å². The third-order valence-corrected chi connectivity index (χ3v) is 5.38. The third kappa shape index (κ3) is 8.15. The Bertz CT molecular complexity index is 1200. The van der Waals surface area contributed by atoms with Crippen molar-refractivity contribution in [1.82, 2.24) is 5.43 Å². The van der Waals surface area contributed by atoms with Gasteiger partial charge in [-0.15, -0.1) is 0 Å². The number of para-hydroxylation sites is 1. The van der Waals surface area contributed by atoms with Gasteiger partial charge in [0, 0.05) is 29.1 Å². The van der Waals surface area contributed by atoms with Crippen LogP contribution in [-0.2, 0) is 16.2 Å². The molecule has 3 aromatic rings. The van der Waals surface area contributed by atoms with Crippen molar-refractivity contribution in [3.05, 3.63) is 88.4 Å². The first-order chi connectivity index (χ1) is 17.0. The van der Waals surface area contributed by atoms with Gasteiger partial charge in [0.2, 0.25) is 11.8 Å². The molecule has 0 bridgehead atoms. The molecule has 0 aliphatic rings. The highest BCUT2D eigenvalue weighted by atomic mass is 35.5. The maximum Gasteiger partial charge on any atom is 0.240 e. The highest BCUT2D eigenvalue weighted by Crippen LogP contribution is 2.29. The number of nitrogens with zero attached hydrogens (tertiary/aromatic N) is 1. The molecule has 0 heterocycles. The predicted molar refractivity (Wildman–Crippen MR) is 138 cm³/mol. The van der Waals surface area contributed by atoms with Gasteiger partial charge < -0.3 is 14.8 Å². The molecule has 8 heteroatoms. The van der Waals surface area contributed by atoms with Crippen LogP contribution >= 0.6 is 11.6 Å². The molecule has 0 fully saturated rings. The highest BCUT2D eigenvalue weighted by molar-refractivity contribution is 6.31. The number of carbonyl (C=O) groups excluding carboxylic acids is 2. The van der Waals surface area contributed by atoms with E-state index in [4.69, 9.17) is 21.1 Å². The summed E-state index contributed by atoms with van der Waals surface area (Å²) in [4.78, 5) is 24.2. The molecular formula is C27H28ClN3O4. The molecule has 0 radical (unpaired) electrons. The number of halogens is 1. The van der Waals surface area contributed by atoms with Crippen molar-refractivity contribution in [3.63, 3.8) is 0 Å². The van der Waals surface area contributed by atoms with Gasteiger partial charge in [-0.1, -0.05) is 48.0 Å². The Morgan fingerprint density at radius 2 is 1.69 bits per heavy atom. The van der Waals surface area contributed by atoms with Crippen molar-refractivity contribution in [2.75, 3.05) is 11.9 Å². The number of benzene rings is 3. The normalized spacial score (nSPS) is 10.7. The van der Waals surface area contributed by atoms with Gasteiger partial charge in [-0.2, -0.15) is 5.10 Å². The first-order valence-corrected chi connectivity index (χ1v) is 11.6. The number of hydrazone groups is 1. The van der Waals surface area contributed by atoms with E-state index in [9.17, 15) is 9.59 Å². The summed E-state index contributed by atoms with van der Waals surface area (Å²) in [5, 5.41) is 7.42. The first kappa shape index (κ1) is 25.8. The van der Waals surface area contributed by atoms with Gasteiger partial charge in [0.15, 0.2) is 11.5 Å². The van der Waals surface area contributed by atoms with Crippen molar-refractivity contribution in [2.24, 2.45) is 5.10 Å². The minimum atomic E-state index is -0.356. The molecule has 0 saturated carbocycles. The van der Waals surface area contributed by atoms with E-state index < -0.39 is 0 Å². The lowest BCUT2D eigenvalue weighted by Crippen LogP contribution is -2.20. The maximum atomic E-state index is 12.1. The summed E-state index contributed by atoms with van der Waals surface area (Å²) in [5.74, 6) is 0.549. The van der Waals surface area contributed by atoms with Crippen LogP contribution < -0.4 is 20.2 Å². The fourth-order valence-electron chi connectivity index (χ4n) is 3.15. The summed E-state index contributed by atoms with van der Waals surface area (Å²) in [5.41, 5.74) is 5.73. The Morgan fingerprint density at radius 3 is 2.46 bits per heavy atom. The highest BCUT2D eigenvalue weighted by Gasteiger charge is 2.09. The number of hydrogen-bond donors (Lipinski definition) is 2. The van der Waals surface area contributed by atoms with Crippen molar-refractivity contribution in [2.45, 2.75) is 33.3 Å². The average molecular weight is 494 g/mol. The maximum absolute atomic E-state index is 12.1. The summed E-state index contributed by atoms with van der Waals surface area (Å²) < 4.78 is 11.6. The third-order valence-electron chi connectivity index (χ3n) is 5.01. The number of hydrogen-bond acceptors (Lipinski definition) is 5. The summed E-state index contributed by atoms with van der Waals surface area (Å²) in [6.45, 7) is 4.56. The SMILES string of the molecule is CCOc1cc(C=NNC(=O)CCC(=O)Nc2ccccc2C)ccc1OCc1ccccc1Cl. The summed E-state index contributed by atoms with van der Waals surface area (Å²) in [6, 6.07) is 20.3. The molecule has 0 unspecified atom stereocenters. The van der Waals surface area contributed by atoms with E-state index in [1.807, 2.05) is 62.4 Å². The molecular weight excluding hydrogens is 466 g/mol. The Kier molecular flexibility index (Phi) is 9.69. The van der Waals surface area contributed by atoms with Crippen LogP contribution in [0.3, 0.4) is 0 Å². The summed E-state index contributed by atoms with van der Waals surface area (Å²) in [7, 11) is 0. The van der Waals surface area contributed by atoms with Crippen molar-refractivity contribution < 1.29 is 19.1 Å². The zero-order valence-corrected chi connectivity index (χ0v) is 20.5. The molecule has 35 heavy (non-hydrogen) atoms. The Labute approximate surface area is 210 Å². The van der Waals surface area contributed by atoms with Gasteiger partial charge in [0.1, 0.15) is 6.61 Å². The Morgan fingerprint density at radius 1 is 0.943 bits per heavy atom. The number of anilines is 1. The van der Waals surface area contributed by atoms with E-state index in [1.165, 1.54) is 6.21 Å². The zero-order chi connectivity index (χ0) is 25.0. The molecule has 182 valence electrons. The molecule has 0 aromatic heterocycles. The Balaban J connectivity index is 1.50. The van der Waals surface area contributed by atoms with Gasteiger partial charge in [-0.25, -0.2) is 5.43 Å². The molecule has 2 N–H and O–H groups in total. The molecule has 0 atom stereocenters. The standard InChI is InChI=1S/C27H28ClN3O4/c1-3-34-25-16-20(12-13-24(25)35-18-21-9-5-6-10-22(21)28)17-29-31-27(33)15-14-26(32)30-23-11-7-4-8-19(23)2/h4-13,16-17H,3,14-15,18H2,1-2H3,(H,30,32)(H,31,33). The van der Waals surface area contributed by atoms with Crippen LogP contribution in [0.15, 0.2) is 71.8 Å². The zero-order valence-electron chi connectivity index (χ0n) is 19.7. The monoisotopic (exact) mass is 493 g/mol. The second-order valence-corrected chi connectivity index (χ2v) is 8.08. The fourth-order valence-corrected chi connectivity index (χ4v) is 3.34. The van der Waals surface area contributed by atoms with E-state index in [1.54, 1.807) is 18.2 Å². The molecule has 7 nitrogen and oxygen atoms in total. The lowest BCUT2D eigenvalue weighted by atomic mass is 10.2. The summed E-state index contributed by atoms with van der Waals surface area (Å²) >= 11 is 6.20. The molecule has 0 aliphatic carbocycles. The van der Waals surface area contributed by atoms with Crippen molar-refractivity contribution >= 4 is 35.3 Å². The van der Waals surface area contributed by atoms with Gasteiger partial charge in [0.25, 0.3) is 0 Å². The summed E-state index contributed by atoms with van der Waals surface area (Å²) in [6.07, 6.45) is 1.58. The Hall–Kier alpha value is -3.84. The first-order valence-electron chi connectivity index (χ1n) is 11.3. The number of nitrogens with one attached hydrogen (secondary N) is 2. The minimum absolute atomic E-state index is 0.0219. The van der Waals surface area contributed by atoms with Crippen LogP contribution in [0.25, 0.3) is 0 Å². The second kappa shape index (κ2) is 13.2. The van der Waals surface area contributed by atoms with Gasteiger partial charge in [0.05, 0.1) is 12.8 Å². The molecule has 0 aliphatic heterocycles. The van der Waals surface area contributed by atoms with E-state index in [-0.39, 0.29) is 24.7 Å². The van der Waals surface area contributed by atoms with E-state index in [2.05, 4.69) is 15.8 Å². The number of amides is 2. The topological polar surface area (TPSA) is 89.0 Å². The fraction of sp³-hybridized carbons (Fsp3) is 0.222. The van der Waals surface area contributed by atoms with Crippen molar-refractivity contribution in [1.29, 1.82) is 0 Å². The smallest absolute Gasteiger partial charge is 0.240 e. The molecule has 0 saturated heterocycles. The molecule has 3 rings (SSSR count). The van der Waals surface area contributed by atoms with E-state index in [0.717, 1.165) is 22.4 Å². The van der Waals surface area contributed by atoms with Gasteiger partial charge >= 0.3 is 0 Å².